The number of hydrazone groups is 1. The number of benzene rings is 2. The highest BCUT2D eigenvalue weighted by molar-refractivity contribution is 6.42. The lowest BCUT2D eigenvalue weighted by Crippen LogP contribution is -2.18. The van der Waals surface area contributed by atoms with Gasteiger partial charge in [-0.2, -0.15) is 5.10 Å². The standard InChI is InChI=1S/C19H13Cl2N3O5/c1-28-18-6-3-12(24(26)27)9-14(18)19(25)23-22-10-13-4-7-17(29-13)11-2-5-15(20)16(21)8-11/h2-10H,1H3,(H,23,25)/b22-10-. The fourth-order valence-corrected chi connectivity index (χ4v) is 2.73. The molecule has 0 saturated carbocycles. The third kappa shape index (κ3) is 4.74. The van der Waals surface area contributed by atoms with E-state index in [1.54, 1.807) is 30.3 Å². The van der Waals surface area contributed by atoms with Gasteiger partial charge in [0.15, 0.2) is 0 Å². The zero-order valence-corrected chi connectivity index (χ0v) is 16.4. The first-order valence-corrected chi connectivity index (χ1v) is 8.85. The Kier molecular flexibility index (Phi) is 6.16. The van der Waals surface area contributed by atoms with E-state index in [1.165, 1.54) is 25.5 Å². The quantitative estimate of drug-likeness (QED) is 0.336. The molecule has 1 aromatic heterocycles. The average molecular weight is 434 g/mol. The molecule has 0 atom stereocenters. The Morgan fingerprint density at radius 3 is 2.66 bits per heavy atom. The van der Waals surface area contributed by atoms with Gasteiger partial charge in [-0.1, -0.05) is 23.2 Å². The largest absolute Gasteiger partial charge is 0.496 e. The van der Waals surface area contributed by atoms with Gasteiger partial charge in [0.2, 0.25) is 0 Å². The summed E-state index contributed by atoms with van der Waals surface area (Å²) in [5.74, 6) is 0.426. The average Bonchev–Trinajstić information content (AvgIpc) is 3.18. The number of non-ortho nitro benzene ring substituents is 1. The van der Waals surface area contributed by atoms with Gasteiger partial charge in [0, 0.05) is 17.7 Å². The van der Waals surface area contributed by atoms with E-state index in [9.17, 15) is 14.9 Å². The molecular formula is C19H13Cl2N3O5. The van der Waals surface area contributed by atoms with Crippen molar-refractivity contribution < 1.29 is 18.9 Å². The highest BCUT2D eigenvalue weighted by atomic mass is 35.5. The maximum atomic E-state index is 12.3. The minimum absolute atomic E-state index is 0.0187. The fraction of sp³-hybridized carbons (Fsp3) is 0.0526. The molecule has 0 aliphatic rings. The van der Waals surface area contributed by atoms with Crippen LogP contribution in [-0.4, -0.2) is 24.2 Å². The summed E-state index contributed by atoms with van der Waals surface area (Å²) in [6.07, 6.45) is 1.29. The molecule has 1 heterocycles. The molecule has 0 unspecified atom stereocenters. The Morgan fingerprint density at radius 1 is 1.17 bits per heavy atom. The molecule has 0 saturated heterocycles. The van der Waals surface area contributed by atoms with Crippen molar-refractivity contribution in [2.45, 2.75) is 0 Å². The van der Waals surface area contributed by atoms with E-state index in [2.05, 4.69) is 10.5 Å². The Bertz CT molecular complexity index is 1110. The molecule has 0 spiro atoms. The second kappa shape index (κ2) is 8.76. The van der Waals surface area contributed by atoms with Gasteiger partial charge in [0.1, 0.15) is 17.3 Å². The van der Waals surface area contributed by atoms with Crippen LogP contribution in [-0.2, 0) is 0 Å². The number of carbonyl (C=O) groups excluding carboxylic acids is 1. The summed E-state index contributed by atoms with van der Waals surface area (Å²) in [4.78, 5) is 22.6. The number of ether oxygens (including phenoxy) is 1. The van der Waals surface area contributed by atoms with Gasteiger partial charge in [-0.3, -0.25) is 14.9 Å². The summed E-state index contributed by atoms with van der Waals surface area (Å²) >= 11 is 11.9. The van der Waals surface area contributed by atoms with Crippen LogP contribution in [0.5, 0.6) is 5.75 Å². The van der Waals surface area contributed by atoms with Crippen molar-refractivity contribution in [3.8, 4) is 17.1 Å². The molecule has 0 aliphatic carbocycles. The minimum atomic E-state index is -0.668. The van der Waals surface area contributed by atoms with Gasteiger partial charge in [-0.05, 0) is 36.4 Å². The number of nitro benzene ring substituents is 1. The van der Waals surface area contributed by atoms with Crippen molar-refractivity contribution in [2.24, 2.45) is 5.10 Å². The van der Waals surface area contributed by atoms with Gasteiger partial charge < -0.3 is 9.15 Å². The van der Waals surface area contributed by atoms with Crippen LogP contribution in [0, 0.1) is 10.1 Å². The molecule has 29 heavy (non-hydrogen) atoms. The number of methoxy groups -OCH3 is 1. The van der Waals surface area contributed by atoms with Gasteiger partial charge in [-0.25, -0.2) is 5.43 Å². The van der Waals surface area contributed by atoms with Crippen molar-refractivity contribution in [3.05, 3.63) is 80.0 Å². The van der Waals surface area contributed by atoms with Crippen molar-refractivity contribution in [3.63, 3.8) is 0 Å². The first-order valence-electron chi connectivity index (χ1n) is 8.10. The molecule has 2 aromatic carbocycles. The third-order valence-electron chi connectivity index (χ3n) is 3.83. The van der Waals surface area contributed by atoms with Crippen LogP contribution >= 0.6 is 23.2 Å². The normalized spacial score (nSPS) is 10.9. The number of hydrogen-bond acceptors (Lipinski definition) is 6. The van der Waals surface area contributed by atoms with E-state index in [0.29, 0.717) is 21.6 Å². The van der Waals surface area contributed by atoms with E-state index in [4.69, 9.17) is 32.4 Å². The van der Waals surface area contributed by atoms with Gasteiger partial charge in [-0.15, -0.1) is 0 Å². The number of rotatable bonds is 6. The summed E-state index contributed by atoms with van der Waals surface area (Å²) in [5, 5.41) is 15.6. The Morgan fingerprint density at radius 2 is 1.97 bits per heavy atom. The topological polar surface area (TPSA) is 107 Å². The lowest BCUT2D eigenvalue weighted by molar-refractivity contribution is -0.384. The number of amides is 1. The number of furan rings is 1. The predicted octanol–water partition coefficient (Wildman–Crippen LogP) is 4.93. The highest BCUT2D eigenvalue weighted by Crippen LogP contribution is 2.29. The Balaban J connectivity index is 1.73. The number of nitrogens with zero attached hydrogens (tertiary/aromatic N) is 2. The lowest BCUT2D eigenvalue weighted by atomic mass is 10.1. The first kappa shape index (κ1) is 20.4. The molecular weight excluding hydrogens is 421 g/mol. The molecule has 3 rings (SSSR count). The smallest absolute Gasteiger partial charge is 0.275 e. The summed E-state index contributed by atoms with van der Waals surface area (Å²) in [6.45, 7) is 0. The monoisotopic (exact) mass is 433 g/mol. The van der Waals surface area contributed by atoms with Crippen LogP contribution in [0.1, 0.15) is 16.1 Å². The molecule has 0 aliphatic heterocycles. The summed E-state index contributed by atoms with van der Waals surface area (Å²) < 4.78 is 10.7. The number of nitro groups is 1. The molecule has 0 radical (unpaired) electrons. The van der Waals surface area contributed by atoms with E-state index in [-0.39, 0.29) is 17.0 Å². The Labute approximate surface area is 174 Å². The van der Waals surface area contributed by atoms with E-state index in [1.807, 2.05) is 0 Å². The van der Waals surface area contributed by atoms with Crippen molar-refractivity contribution in [1.29, 1.82) is 0 Å². The SMILES string of the molecule is COc1ccc([N+](=O)[O-])cc1C(=O)N/N=C\c1ccc(-c2ccc(Cl)c(Cl)c2)o1. The Hall–Kier alpha value is -3.36. The van der Waals surface area contributed by atoms with Gasteiger partial charge in [0.25, 0.3) is 11.6 Å². The van der Waals surface area contributed by atoms with E-state index >= 15 is 0 Å². The number of nitrogens with one attached hydrogen (secondary N) is 1. The first-order chi connectivity index (χ1) is 13.9. The molecule has 8 nitrogen and oxygen atoms in total. The van der Waals surface area contributed by atoms with Crippen LogP contribution in [0.3, 0.4) is 0 Å². The molecule has 1 N–H and O–H groups in total. The van der Waals surface area contributed by atoms with Crippen molar-refractivity contribution in [1.82, 2.24) is 5.43 Å². The minimum Gasteiger partial charge on any atom is -0.496 e. The van der Waals surface area contributed by atoms with Crippen molar-refractivity contribution >= 4 is 41.0 Å². The highest BCUT2D eigenvalue weighted by Gasteiger charge is 2.17. The fourth-order valence-electron chi connectivity index (χ4n) is 2.43. The molecule has 148 valence electrons. The third-order valence-corrected chi connectivity index (χ3v) is 4.57. The second-order valence-electron chi connectivity index (χ2n) is 5.67. The number of carbonyl (C=O) groups is 1. The predicted molar refractivity (Wildman–Crippen MR) is 109 cm³/mol. The zero-order valence-electron chi connectivity index (χ0n) is 14.9. The maximum Gasteiger partial charge on any atom is 0.275 e. The van der Waals surface area contributed by atoms with Gasteiger partial charge >= 0.3 is 0 Å². The van der Waals surface area contributed by atoms with Crippen LogP contribution < -0.4 is 10.2 Å². The maximum absolute atomic E-state index is 12.3. The number of halogens is 2. The van der Waals surface area contributed by atoms with E-state index < -0.39 is 10.8 Å². The lowest BCUT2D eigenvalue weighted by Gasteiger charge is -2.06. The van der Waals surface area contributed by atoms with Crippen LogP contribution in [0.2, 0.25) is 10.0 Å². The molecule has 0 fully saturated rings. The van der Waals surface area contributed by atoms with Crippen LogP contribution in [0.4, 0.5) is 5.69 Å². The van der Waals surface area contributed by atoms with Crippen LogP contribution in [0.25, 0.3) is 11.3 Å². The van der Waals surface area contributed by atoms with E-state index in [0.717, 1.165) is 11.6 Å². The summed E-state index contributed by atoms with van der Waals surface area (Å²) in [5.41, 5.74) is 2.75. The van der Waals surface area contributed by atoms with Gasteiger partial charge in [0.05, 0.1) is 33.9 Å². The molecule has 10 heteroatoms. The summed E-state index contributed by atoms with van der Waals surface area (Å²) in [6, 6.07) is 12.1. The zero-order chi connectivity index (χ0) is 21.0. The van der Waals surface area contributed by atoms with Crippen molar-refractivity contribution in [2.75, 3.05) is 7.11 Å². The number of hydrogen-bond donors (Lipinski definition) is 1. The second-order valence-corrected chi connectivity index (χ2v) is 6.49. The molecule has 0 bridgehead atoms. The molecule has 1 amide bonds. The molecule has 3 aromatic rings. The van der Waals surface area contributed by atoms with Crippen LogP contribution in [0.15, 0.2) is 58.0 Å². The summed E-state index contributed by atoms with van der Waals surface area (Å²) in [7, 11) is 1.36.